The number of aliphatic hydroxyl groups is 1. The van der Waals surface area contributed by atoms with Crippen LogP contribution in [-0.4, -0.2) is 27.2 Å². The largest absolute Gasteiger partial charge is 0.424 e. The maximum atomic E-state index is 13.4. The molecule has 5 nitrogen and oxygen atoms in total. The van der Waals surface area contributed by atoms with E-state index in [0.717, 1.165) is 5.39 Å². The summed E-state index contributed by atoms with van der Waals surface area (Å²) in [6, 6.07) is 8.72. The Hall–Kier alpha value is -2.52. The van der Waals surface area contributed by atoms with Crippen molar-refractivity contribution in [1.82, 2.24) is 9.97 Å². The van der Waals surface area contributed by atoms with E-state index in [1.807, 2.05) is 0 Å². The van der Waals surface area contributed by atoms with Gasteiger partial charge in [-0.1, -0.05) is 18.2 Å². The summed E-state index contributed by atoms with van der Waals surface area (Å²) in [7, 11) is 0. The van der Waals surface area contributed by atoms with E-state index in [0.29, 0.717) is 22.5 Å². The molecule has 0 radical (unpaired) electrons. The number of nitrogens with one attached hydrogen (secondary N) is 1. The minimum absolute atomic E-state index is 0.244. The fourth-order valence-electron chi connectivity index (χ4n) is 2.42. The Morgan fingerprint density at radius 2 is 2.04 bits per heavy atom. The van der Waals surface area contributed by atoms with Gasteiger partial charge in [0.05, 0.1) is 23.8 Å². The highest BCUT2D eigenvalue weighted by atomic mass is 32.1. The van der Waals surface area contributed by atoms with Gasteiger partial charge in [0.25, 0.3) is 0 Å². The zero-order chi connectivity index (χ0) is 18.9. The van der Waals surface area contributed by atoms with E-state index in [1.165, 1.54) is 18.5 Å². The maximum absolute atomic E-state index is 13.4. The Labute approximate surface area is 150 Å². The van der Waals surface area contributed by atoms with Gasteiger partial charge in [-0.05, 0) is 19.1 Å². The number of fused-ring (bicyclic) bond motifs is 1. The lowest BCUT2D eigenvalue weighted by Gasteiger charge is -2.27. The number of alkyl halides is 3. The van der Waals surface area contributed by atoms with Crippen LogP contribution in [0.1, 0.15) is 17.1 Å². The predicted octanol–water partition coefficient (Wildman–Crippen LogP) is 3.78. The van der Waals surface area contributed by atoms with E-state index in [2.05, 4.69) is 15.3 Å². The number of amides is 1. The highest BCUT2D eigenvalue weighted by Gasteiger charge is 2.58. The zero-order valence-corrected chi connectivity index (χ0v) is 14.4. The molecule has 9 heteroatoms. The molecule has 1 atom stereocenters. The van der Waals surface area contributed by atoms with Crippen LogP contribution in [0.5, 0.6) is 0 Å². The van der Waals surface area contributed by atoms with Gasteiger partial charge in [0.15, 0.2) is 0 Å². The summed E-state index contributed by atoms with van der Waals surface area (Å²) in [5.41, 5.74) is -2.07. The number of anilines is 1. The van der Waals surface area contributed by atoms with E-state index >= 15 is 0 Å². The number of carbonyl (C=O) groups is 1. The molecule has 136 valence electrons. The number of halogens is 3. The highest BCUT2D eigenvalue weighted by Crippen LogP contribution is 2.43. The lowest BCUT2D eigenvalue weighted by Crippen LogP contribution is -2.45. The Morgan fingerprint density at radius 3 is 2.69 bits per heavy atom. The Kier molecular flexibility index (Phi) is 4.68. The van der Waals surface area contributed by atoms with Gasteiger partial charge in [-0.3, -0.25) is 9.78 Å². The van der Waals surface area contributed by atoms with Crippen molar-refractivity contribution >= 4 is 33.8 Å². The lowest BCUT2D eigenvalue weighted by atomic mass is 9.99. The van der Waals surface area contributed by atoms with Crippen LogP contribution in [0.4, 0.5) is 18.9 Å². The molecule has 26 heavy (non-hydrogen) atoms. The third kappa shape index (κ3) is 3.54. The van der Waals surface area contributed by atoms with Gasteiger partial charge < -0.3 is 10.4 Å². The molecule has 2 aromatic heterocycles. The topological polar surface area (TPSA) is 75.1 Å². The quantitative estimate of drug-likeness (QED) is 0.721. The summed E-state index contributed by atoms with van der Waals surface area (Å²) in [5, 5.41) is 14.1. The molecule has 0 spiro atoms. The summed E-state index contributed by atoms with van der Waals surface area (Å²) in [4.78, 5) is 20.0. The standard InChI is InChI=1S/C17H14F3N3O2S/c1-10-9-26-15(22-10)16(25,17(18,19)20)7-14(24)23-12-6-11-4-2-3-5-13(11)21-8-12/h2-6,8-9,25H,7H2,1H3,(H,23,24). The summed E-state index contributed by atoms with van der Waals surface area (Å²) in [6.07, 6.45) is -4.90. The van der Waals surface area contributed by atoms with Crippen LogP contribution in [0.25, 0.3) is 10.9 Å². The molecular formula is C17H14F3N3O2S. The number of aryl methyl sites for hydroxylation is 1. The number of thiazole rings is 1. The van der Waals surface area contributed by atoms with Gasteiger partial charge >= 0.3 is 6.18 Å². The molecule has 0 aliphatic carbocycles. The summed E-state index contributed by atoms with van der Waals surface area (Å²) >= 11 is 0.660. The monoisotopic (exact) mass is 381 g/mol. The number of nitrogens with zero attached hydrogens (tertiary/aromatic N) is 2. The van der Waals surface area contributed by atoms with Crippen molar-refractivity contribution in [3.05, 3.63) is 52.6 Å². The number of hydrogen-bond acceptors (Lipinski definition) is 5. The normalized spacial score (nSPS) is 14.2. The minimum Gasteiger partial charge on any atom is -0.374 e. The molecule has 1 unspecified atom stereocenters. The number of carbonyl (C=O) groups excluding carboxylic acids is 1. The second kappa shape index (κ2) is 6.65. The molecule has 3 rings (SSSR count). The van der Waals surface area contributed by atoms with Gasteiger partial charge in [-0.15, -0.1) is 11.3 Å². The minimum atomic E-state index is -5.05. The number of pyridine rings is 1. The van der Waals surface area contributed by atoms with Crippen molar-refractivity contribution in [2.45, 2.75) is 25.1 Å². The van der Waals surface area contributed by atoms with Gasteiger partial charge in [0.2, 0.25) is 11.5 Å². The van der Waals surface area contributed by atoms with Gasteiger partial charge in [-0.2, -0.15) is 13.2 Å². The molecule has 1 aromatic carbocycles. The zero-order valence-electron chi connectivity index (χ0n) is 13.5. The highest BCUT2D eigenvalue weighted by molar-refractivity contribution is 7.09. The summed E-state index contributed by atoms with van der Waals surface area (Å²) in [5.74, 6) is -0.991. The molecule has 1 amide bonds. The van der Waals surface area contributed by atoms with Gasteiger partial charge in [0, 0.05) is 16.5 Å². The Morgan fingerprint density at radius 1 is 1.31 bits per heavy atom. The molecule has 2 heterocycles. The Balaban J connectivity index is 1.83. The number of para-hydroxylation sites is 1. The third-order valence-corrected chi connectivity index (χ3v) is 4.84. The lowest BCUT2D eigenvalue weighted by molar-refractivity contribution is -0.266. The first-order chi connectivity index (χ1) is 12.2. The molecule has 0 fully saturated rings. The summed E-state index contributed by atoms with van der Waals surface area (Å²) in [6.45, 7) is 1.51. The molecule has 0 saturated carbocycles. The van der Waals surface area contributed by atoms with Crippen molar-refractivity contribution in [2.24, 2.45) is 0 Å². The predicted molar refractivity (Wildman–Crippen MR) is 91.8 cm³/mol. The number of rotatable bonds is 4. The number of benzene rings is 1. The third-order valence-electron chi connectivity index (χ3n) is 3.73. The Bertz CT molecular complexity index is 958. The first-order valence-corrected chi connectivity index (χ1v) is 8.43. The van der Waals surface area contributed by atoms with E-state index in [9.17, 15) is 23.1 Å². The maximum Gasteiger partial charge on any atom is 0.424 e. The van der Waals surface area contributed by atoms with Crippen molar-refractivity contribution < 1.29 is 23.1 Å². The van der Waals surface area contributed by atoms with E-state index in [-0.39, 0.29) is 5.69 Å². The SMILES string of the molecule is Cc1csc(C(O)(CC(=O)Nc2cnc3ccccc3c2)C(F)(F)F)n1. The van der Waals surface area contributed by atoms with Crippen LogP contribution in [0.3, 0.4) is 0 Å². The molecule has 2 N–H and O–H groups in total. The van der Waals surface area contributed by atoms with Crippen LogP contribution >= 0.6 is 11.3 Å². The van der Waals surface area contributed by atoms with Crippen LogP contribution in [0, 0.1) is 6.92 Å². The first-order valence-electron chi connectivity index (χ1n) is 7.55. The van der Waals surface area contributed by atoms with Crippen molar-refractivity contribution in [1.29, 1.82) is 0 Å². The van der Waals surface area contributed by atoms with E-state index in [4.69, 9.17) is 0 Å². The fraction of sp³-hybridized carbons (Fsp3) is 0.235. The number of hydrogen-bond donors (Lipinski definition) is 2. The van der Waals surface area contributed by atoms with Crippen molar-refractivity contribution in [3.63, 3.8) is 0 Å². The van der Waals surface area contributed by atoms with Crippen LogP contribution in [0.15, 0.2) is 41.9 Å². The molecule has 3 aromatic rings. The van der Waals surface area contributed by atoms with Crippen molar-refractivity contribution in [3.8, 4) is 0 Å². The van der Waals surface area contributed by atoms with Gasteiger partial charge in [0.1, 0.15) is 5.01 Å². The van der Waals surface area contributed by atoms with Crippen molar-refractivity contribution in [2.75, 3.05) is 5.32 Å². The number of aromatic nitrogens is 2. The molecule has 0 saturated heterocycles. The molecule has 0 aliphatic heterocycles. The van der Waals surface area contributed by atoms with Crippen LogP contribution in [0.2, 0.25) is 0 Å². The van der Waals surface area contributed by atoms with Crippen LogP contribution < -0.4 is 5.32 Å². The van der Waals surface area contributed by atoms with Gasteiger partial charge in [-0.25, -0.2) is 4.98 Å². The average Bonchev–Trinajstić information content (AvgIpc) is 3.00. The molecule has 0 bridgehead atoms. The van der Waals surface area contributed by atoms with E-state index in [1.54, 1.807) is 30.3 Å². The van der Waals surface area contributed by atoms with Crippen LogP contribution in [-0.2, 0) is 10.4 Å². The molecular weight excluding hydrogens is 367 g/mol. The first kappa shape index (κ1) is 18.3. The second-order valence-electron chi connectivity index (χ2n) is 5.79. The second-order valence-corrected chi connectivity index (χ2v) is 6.65. The average molecular weight is 381 g/mol. The smallest absolute Gasteiger partial charge is 0.374 e. The summed E-state index contributed by atoms with van der Waals surface area (Å²) < 4.78 is 40.3. The molecule has 0 aliphatic rings. The fourth-order valence-corrected chi connectivity index (χ4v) is 3.33. The van der Waals surface area contributed by atoms with E-state index < -0.39 is 29.1 Å².